The third kappa shape index (κ3) is 3.17. The van der Waals surface area contributed by atoms with E-state index in [0.717, 1.165) is 11.4 Å². The summed E-state index contributed by atoms with van der Waals surface area (Å²) >= 11 is 0. The number of carbonyl (C=O) groups is 1. The van der Waals surface area contributed by atoms with Crippen LogP contribution >= 0.6 is 0 Å². The predicted molar refractivity (Wildman–Crippen MR) is 132 cm³/mol. The number of aromatic amines is 2. The molecule has 2 aromatic carbocycles. The van der Waals surface area contributed by atoms with Gasteiger partial charge in [0.2, 0.25) is 0 Å². The molecule has 1 unspecified atom stereocenters. The van der Waals surface area contributed by atoms with Gasteiger partial charge in [-0.2, -0.15) is 5.10 Å². The Bertz CT molecular complexity index is 1640. The number of aromatic nitrogens is 3. The lowest BCUT2D eigenvalue weighted by atomic mass is 9.96. The lowest BCUT2D eigenvalue weighted by Crippen LogP contribution is -2.26. The SMILES string of the molecule is CN1N=CC2CC(NC(=O)c3ccc4[nH]c(-c5nc6ccccc6[nH]c5=O)c(N)c4c3)=CC=C21. The van der Waals surface area contributed by atoms with Crippen molar-refractivity contribution in [2.45, 2.75) is 6.42 Å². The van der Waals surface area contributed by atoms with Crippen molar-refractivity contribution in [3.63, 3.8) is 0 Å². The number of benzene rings is 2. The minimum atomic E-state index is -0.340. The van der Waals surface area contributed by atoms with Gasteiger partial charge in [-0.1, -0.05) is 12.1 Å². The number of allylic oxidation sites excluding steroid dienone is 4. The quantitative estimate of drug-likeness (QED) is 0.380. The molecule has 0 fully saturated rings. The van der Waals surface area contributed by atoms with Crippen molar-refractivity contribution in [3.8, 4) is 11.4 Å². The summed E-state index contributed by atoms with van der Waals surface area (Å²) in [5.41, 5.74) is 11.5. The third-order valence-corrected chi connectivity index (χ3v) is 6.28. The summed E-state index contributed by atoms with van der Waals surface area (Å²) in [4.78, 5) is 36.2. The molecule has 9 heteroatoms. The Morgan fingerprint density at radius 1 is 1.15 bits per heavy atom. The summed E-state index contributed by atoms with van der Waals surface area (Å²) in [6, 6.07) is 12.5. The first-order chi connectivity index (χ1) is 16.5. The Kier molecular flexibility index (Phi) is 4.38. The highest BCUT2D eigenvalue weighted by molar-refractivity contribution is 6.05. The van der Waals surface area contributed by atoms with Crippen molar-refractivity contribution < 1.29 is 4.79 Å². The van der Waals surface area contributed by atoms with Gasteiger partial charge in [0.05, 0.1) is 22.4 Å². The number of hydrogen-bond donors (Lipinski definition) is 4. The molecule has 2 aliphatic rings. The van der Waals surface area contributed by atoms with Gasteiger partial charge in [0.25, 0.3) is 11.5 Å². The molecule has 2 aromatic heterocycles. The number of nitrogens with one attached hydrogen (secondary N) is 3. The van der Waals surface area contributed by atoms with Crippen LogP contribution in [-0.4, -0.2) is 39.1 Å². The van der Waals surface area contributed by atoms with Gasteiger partial charge in [-0.3, -0.25) is 14.6 Å². The van der Waals surface area contributed by atoms with Crippen molar-refractivity contribution in [2.75, 3.05) is 12.8 Å². The van der Waals surface area contributed by atoms with Crippen LogP contribution in [0.4, 0.5) is 5.69 Å². The van der Waals surface area contributed by atoms with Crippen LogP contribution in [0.3, 0.4) is 0 Å². The topological polar surface area (TPSA) is 132 Å². The number of nitrogens with two attached hydrogens (primary N) is 1. The number of hydrogen-bond acceptors (Lipinski definition) is 6. The first kappa shape index (κ1) is 20.0. The van der Waals surface area contributed by atoms with Crippen molar-refractivity contribution in [2.24, 2.45) is 11.0 Å². The number of carbonyl (C=O) groups excluding carboxylic acids is 1. The number of anilines is 1. The summed E-state index contributed by atoms with van der Waals surface area (Å²) in [7, 11) is 1.91. The first-order valence-electron chi connectivity index (χ1n) is 10.9. The summed E-state index contributed by atoms with van der Waals surface area (Å²) in [5.74, 6) is -0.0553. The average molecular weight is 451 g/mol. The van der Waals surface area contributed by atoms with Crippen LogP contribution in [-0.2, 0) is 0 Å². The van der Waals surface area contributed by atoms with Gasteiger partial charge in [0, 0.05) is 53.5 Å². The van der Waals surface area contributed by atoms with E-state index in [-0.39, 0.29) is 23.1 Å². The van der Waals surface area contributed by atoms with E-state index in [1.54, 1.807) is 24.3 Å². The predicted octanol–water partition coefficient (Wildman–Crippen LogP) is 3.10. The Labute approximate surface area is 193 Å². The van der Waals surface area contributed by atoms with Crippen LogP contribution in [0.25, 0.3) is 33.3 Å². The number of nitrogen functional groups attached to an aromatic ring is 1. The zero-order chi connectivity index (χ0) is 23.4. The van der Waals surface area contributed by atoms with Gasteiger partial charge >= 0.3 is 0 Å². The fourth-order valence-electron chi connectivity index (χ4n) is 4.49. The molecule has 0 radical (unpaired) electrons. The molecule has 9 nitrogen and oxygen atoms in total. The van der Waals surface area contributed by atoms with Crippen LogP contribution in [0.5, 0.6) is 0 Å². The van der Waals surface area contributed by atoms with E-state index < -0.39 is 0 Å². The van der Waals surface area contributed by atoms with Crippen LogP contribution in [0.2, 0.25) is 0 Å². The molecule has 1 aliphatic carbocycles. The van der Waals surface area contributed by atoms with E-state index in [1.165, 1.54) is 0 Å². The molecule has 5 N–H and O–H groups in total. The fourth-order valence-corrected chi connectivity index (χ4v) is 4.49. The van der Waals surface area contributed by atoms with Gasteiger partial charge < -0.3 is 21.0 Å². The monoisotopic (exact) mass is 451 g/mol. The van der Waals surface area contributed by atoms with Crippen LogP contribution < -0.4 is 16.6 Å². The number of rotatable bonds is 3. The first-order valence-corrected chi connectivity index (χ1v) is 10.9. The van der Waals surface area contributed by atoms with Gasteiger partial charge in [-0.25, -0.2) is 4.98 Å². The Hall–Kier alpha value is -4.66. The molecule has 0 saturated heterocycles. The second kappa shape index (κ2) is 7.45. The van der Waals surface area contributed by atoms with Gasteiger partial charge in [0.15, 0.2) is 5.69 Å². The molecule has 1 amide bonds. The van der Waals surface area contributed by atoms with E-state index in [0.29, 0.717) is 45.3 Å². The number of amides is 1. The highest BCUT2D eigenvalue weighted by atomic mass is 16.1. The number of hydrazone groups is 1. The highest BCUT2D eigenvalue weighted by Crippen LogP contribution is 2.32. The molecular formula is C25H21N7O2. The summed E-state index contributed by atoms with van der Waals surface area (Å²) < 4.78 is 0. The number of H-pyrrole nitrogens is 2. The lowest BCUT2D eigenvalue weighted by Gasteiger charge is -2.21. The molecule has 0 bridgehead atoms. The Morgan fingerprint density at radius 2 is 2.00 bits per heavy atom. The lowest BCUT2D eigenvalue weighted by molar-refractivity contribution is 0.0964. The molecule has 0 spiro atoms. The van der Waals surface area contributed by atoms with Crippen molar-refractivity contribution >= 4 is 39.7 Å². The van der Waals surface area contributed by atoms with E-state index in [1.807, 2.05) is 48.6 Å². The molecule has 3 heterocycles. The Morgan fingerprint density at radius 3 is 2.88 bits per heavy atom. The van der Waals surface area contributed by atoms with Crippen molar-refractivity contribution in [1.82, 2.24) is 25.3 Å². The van der Waals surface area contributed by atoms with E-state index in [2.05, 4.69) is 25.4 Å². The molecule has 168 valence electrons. The number of nitrogens with zero attached hydrogens (tertiary/aromatic N) is 3. The van der Waals surface area contributed by atoms with E-state index in [4.69, 9.17) is 5.73 Å². The van der Waals surface area contributed by atoms with Crippen LogP contribution in [0.15, 0.2) is 75.9 Å². The molecule has 4 aromatic rings. The molecular weight excluding hydrogens is 430 g/mol. The molecule has 6 rings (SSSR count). The number of fused-ring (bicyclic) bond motifs is 3. The largest absolute Gasteiger partial charge is 0.396 e. The minimum Gasteiger partial charge on any atom is -0.396 e. The molecule has 1 atom stereocenters. The normalized spacial score (nSPS) is 17.1. The Balaban J connectivity index is 1.32. The van der Waals surface area contributed by atoms with Crippen molar-refractivity contribution in [1.29, 1.82) is 0 Å². The highest BCUT2D eigenvalue weighted by Gasteiger charge is 2.26. The summed E-state index contributed by atoms with van der Waals surface area (Å²) in [6.45, 7) is 0. The second-order valence-corrected chi connectivity index (χ2v) is 8.44. The maximum atomic E-state index is 13.0. The standard InChI is InChI=1S/C25H21N7O2/c1-32-20-9-7-15(10-14(20)12-27-32)28-24(33)13-6-8-17-16(11-13)21(26)22(29-17)23-25(34)31-19-5-3-2-4-18(19)30-23/h2-9,11-12,14,29H,10,26H2,1H3,(H,28,33)(H,31,34). The van der Waals surface area contributed by atoms with E-state index in [9.17, 15) is 9.59 Å². The van der Waals surface area contributed by atoms with Crippen molar-refractivity contribution in [3.05, 3.63) is 81.9 Å². The fraction of sp³-hybridized carbons (Fsp3) is 0.120. The molecule has 1 aliphatic heterocycles. The minimum absolute atomic E-state index is 0.170. The zero-order valence-corrected chi connectivity index (χ0v) is 18.3. The third-order valence-electron chi connectivity index (χ3n) is 6.28. The second-order valence-electron chi connectivity index (χ2n) is 8.44. The average Bonchev–Trinajstić information content (AvgIpc) is 3.37. The maximum absolute atomic E-state index is 13.0. The molecule has 0 saturated carbocycles. The zero-order valence-electron chi connectivity index (χ0n) is 18.3. The smallest absolute Gasteiger partial charge is 0.276 e. The maximum Gasteiger partial charge on any atom is 0.276 e. The summed E-state index contributed by atoms with van der Waals surface area (Å²) in [5, 5.41) is 9.78. The summed E-state index contributed by atoms with van der Waals surface area (Å²) in [6.07, 6.45) is 6.46. The number of para-hydroxylation sites is 2. The molecule has 34 heavy (non-hydrogen) atoms. The van der Waals surface area contributed by atoms with Gasteiger partial charge in [0.1, 0.15) is 0 Å². The van der Waals surface area contributed by atoms with Gasteiger partial charge in [-0.15, -0.1) is 0 Å². The van der Waals surface area contributed by atoms with E-state index >= 15 is 0 Å². The van der Waals surface area contributed by atoms with Gasteiger partial charge in [-0.05, 0) is 42.5 Å². The van der Waals surface area contributed by atoms with Crippen LogP contribution in [0, 0.1) is 5.92 Å². The van der Waals surface area contributed by atoms with Crippen LogP contribution in [0.1, 0.15) is 16.8 Å².